The fourth-order valence-electron chi connectivity index (χ4n) is 3.08. The second-order valence-electron chi connectivity index (χ2n) is 6.51. The van der Waals surface area contributed by atoms with Gasteiger partial charge < -0.3 is 15.1 Å². The van der Waals surface area contributed by atoms with Crippen LogP contribution in [0.2, 0.25) is 0 Å². The Labute approximate surface area is 156 Å². The first-order valence-corrected chi connectivity index (χ1v) is 8.76. The Morgan fingerprint density at radius 3 is 2.44 bits per heavy atom. The lowest BCUT2D eigenvalue weighted by Gasteiger charge is -2.36. The van der Waals surface area contributed by atoms with Gasteiger partial charge in [-0.25, -0.2) is 8.78 Å². The van der Waals surface area contributed by atoms with Gasteiger partial charge in [0.2, 0.25) is 5.91 Å². The smallest absolute Gasteiger partial charge is 0.254 e. The zero-order chi connectivity index (χ0) is 19.4. The van der Waals surface area contributed by atoms with E-state index in [0.717, 1.165) is 17.8 Å². The van der Waals surface area contributed by atoms with Gasteiger partial charge in [0.1, 0.15) is 11.6 Å². The van der Waals surface area contributed by atoms with Gasteiger partial charge in [0.15, 0.2) is 0 Å². The van der Waals surface area contributed by atoms with E-state index in [9.17, 15) is 18.4 Å². The van der Waals surface area contributed by atoms with Crippen molar-refractivity contribution in [3.05, 3.63) is 65.2 Å². The lowest BCUT2D eigenvalue weighted by Crippen LogP contribution is -2.51. The largest absolute Gasteiger partial charge is 0.368 e. The molecule has 7 heteroatoms. The number of aryl methyl sites for hydroxylation is 1. The van der Waals surface area contributed by atoms with E-state index in [-0.39, 0.29) is 18.0 Å². The number of carbonyl (C=O) groups excluding carboxylic acids is 2. The van der Waals surface area contributed by atoms with Crippen molar-refractivity contribution in [2.75, 3.05) is 37.6 Å². The zero-order valence-corrected chi connectivity index (χ0v) is 15.0. The van der Waals surface area contributed by atoms with E-state index in [0.29, 0.717) is 32.2 Å². The first-order chi connectivity index (χ1) is 12.9. The van der Waals surface area contributed by atoms with Crippen LogP contribution in [0.25, 0.3) is 0 Å². The molecule has 5 nitrogen and oxygen atoms in total. The summed E-state index contributed by atoms with van der Waals surface area (Å²) in [6.45, 7) is 4.32. The maximum atomic E-state index is 13.6. The molecule has 0 aromatic heterocycles. The van der Waals surface area contributed by atoms with Gasteiger partial charge in [0.25, 0.3) is 5.91 Å². The van der Waals surface area contributed by atoms with Crippen LogP contribution in [0.3, 0.4) is 0 Å². The van der Waals surface area contributed by atoms with Crippen LogP contribution in [-0.4, -0.2) is 49.4 Å². The van der Waals surface area contributed by atoms with Crippen molar-refractivity contribution in [3.63, 3.8) is 0 Å². The molecular formula is C20H21F2N3O2. The van der Waals surface area contributed by atoms with Crippen molar-refractivity contribution in [2.24, 2.45) is 0 Å². The number of hydrogen-bond acceptors (Lipinski definition) is 3. The summed E-state index contributed by atoms with van der Waals surface area (Å²) in [6, 6.07) is 10.9. The lowest BCUT2D eigenvalue weighted by atomic mass is 10.2. The number of rotatable bonds is 4. The fraction of sp³-hybridized carbons (Fsp3) is 0.300. The molecule has 1 fully saturated rings. The third-order valence-corrected chi connectivity index (χ3v) is 4.58. The van der Waals surface area contributed by atoms with Crippen LogP contribution in [0.15, 0.2) is 42.5 Å². The third-order valence-electron chi connectivity index (χ3n) is 4.58. The summed E-state index contributed by atoms with van der Waals surface area (Å²) < 4.78 is 26.5. The van der Waals surface area contributed by atoms with E-state index in [1.54, 1.807) is 4.90 Å². The minimum absolute atomic E-state index is 0.222. The van der Waals surface area contributed by atoms with E-state index in [2.05, 4.69) is 16.3 Å². The molecule has 1 N–H and O–H groups in total. The number of amides is 2. The van der Waals surface area contributed by atoms with E-state index in [1.165, 1.54) is 5.56 Å². The van der Waals surface area contributed by atoms with Crippen molar-refractivity contribution in [2.45, 2.75) is 6.92 Å². The van der Waals surface area contributed by atoms with Gasteiger partial charge in [-0.05, 0) is 36.8 Å². The molecule has 2 aromatic rings. The molecule has 0 saturated carbocycles. The Hall–Kier alpha value is -2.96. The Morgan fingerprint density at radius 1 is 1.04 bits per heavy atom. The number of hydrogen-bond donors (Lipinski definition) is 1. The zero-order valence-electron chi connectivity index (χ0n) is 15.0. The van der Waals surface area contributed by atoms with Gasteiger partial charge in [-0.2, -0.15) is 0 Å². The molecule has 3 rings (SSSR count). The maximum absolute atomic E-state index is 13.6. The number of nitrogens with one attached hydrogen (secondary N) is 1. The van der Waals surface area contributed by atoms with Crippen LogP contribution in [0, 0.1) is 18.6 Å². The fourth-order valence-corrected chi connectivity index (χ4v) is 3.08. The van der Waals surface area contributed by atoms with Crippen molar-refractivity contribution in [1.29, 1.82) is 0 Å². The summed E-state index contributed by atoms with van der Waals surface area (Å²) in [7, 11) is 0. The number of carbonyl (C=O) groups is 2. The summed E-state index contributed by atoms with van der Waals surface area (Å²) in [5.74, 6) is -2.67. The van der Waals surface area contributed by atoms with E-state index < -0.39 is 17.5 Å². The van der Waals surface area contributed by atoms with Crippen molar-refractivity contribution < 1.29 is 18.4 Å². The number of anilines is 1. The molecule has 1 saturated heterocycles. The van der Waals surface area contributed by atoms with Crippen molar-refractivity contribution >= 4 is 17.5 Å². The molecule has 1 heterocycles. The summed E-state index contributed by atoms with van der Waals surface area (Å²) in [6.07, 6.45) is 0. The van der Waals surface area contributed by atoms with Gasteiger partial charge in [-0.15, -0.1) is 0 Å². The molecular weight excluding hydrogens is 352 g/mol. The van der Waals surface area contributed by atoms with E-state index in [4.69, 9.17) is 0 Å². The second kappa shape index (κ2) is 8.16. The molecule has 0 unspecified atom stereocenters. The SMILES string of the molecule is Cc1cccc(N2CCN(C(=O)CNC(=O)c3ccc(F)cc3F)CC2)c1. The van der Waals surface area contributed by atoms with Crippen LogP contribution in [-0.2, 0) is 4.79 Å². The number of nitrogens with zero attached hydrogens (tertiary/aromatic N) is 2. The number of benzene rings is 2. The number of piperazine rings is 1. The first kappa shape index (κ1) is 18.8. The summed E-state index contributed by atoms with van der Waals surface area (Å²) in [5.41, 5.74) is 2.03. The Bertz CT molecular complexity index is 849. The molecule has 0 bridgehead atoms. The monoisotopic (exact) mass is 373 g/mol. The molecule has 0 radical (unpaired) electrons. The lowest BCUT2D eigenvalue weighted by molar-refractivity contribution is -0.130. The average Bonchev–Trinajstić information content (AvgIpc) is 2.66. The minimum Gasteiger partial charge on any atom is -0.368 e. The summed E-state index contributed by atoms with van der Waals surface area (Å²) in [5, 5.41) is 2.40. The first-order valence-electron chi connectivity index (χ1n) is 8.76. The average molecular weight is 373 g/mol. The predicted molar refractivity (Wildman–Crippen MR) is 98.7 cm³/mol. The third kappa shape index (κ3) is 4.61. The Morgan fingerprint density at radius 2 is 1.78 bits per heavy atom. The van der Waals surface area contributed by atoms with Gasteiger partial charge in [0, 0.05) is 37.9 Å². The molecule has 0 aliphatic carbocycles. The second-order valence-corrected chi connectivity index (χ2v) is 6.51. The topological polar surface area (TPSA) is 52.6 Å². The van der Waals surface area contributed by atoms with Crippen LogP contribution in [0.5, 0.6) is 0 Å². The predicted octanol–water partition coefficient (Wildman–Crippen LogP) is 2.35. The highest BCUT2D eigenvalue weighted by Gasteiger charge is 2.22. The van der Waals surface area contributed by atoms with Crippen LogP contribution < -0.4 is 10.2 Å². The quantitative estimate of drug-likeness (QED) is 0.895. The molecule has 27 heavy (non-hydrogen) atoms. The molecule has 1 aliphatic heterocycles. The molecule has 2 amide bonds. The summed E-state index contributed by atoms with van der Waals surface area (Å²) >= 11 is 0. The molecule has 1 aliphatic rings. The van der Waals surface area contributed by atoms with Crippen LogP contribution in [0.4, 0.5) is 14.5 Å². The van der Waals surface area contributed by atoms with Gasteiger partial charge in [-0.1, -0.05) is 12.1 Å². The highest BCUT2D eigenvalue weighted by Crippen LogP contribution is 2.17. The van der Waals surface area contributed by atoms with Crippen molar-refractivity contribution in [1.82, 2.24) is 10.2 Å². The van der Waals surface area contributed by atoms with Crippen LogP contribution in [0.1, 0.15) is 15.9 Å². The Balaban J connectivity index is 1.50. The molecule has 0 spiro atoms. The maximum Gasteiger partial charge on any atom is 0.254 e. The van der Waals surface area contributed by atoms with Gasteiger partial charge >= 0.3 is 0 Å². The Kier molecular flexibility index (Phi) is 5.69. The highest BCUT2D eigenvalue weighted by molar-refractivity contribution is 5.96. The van der Waals surface area contributed by atoms with Gasteiger partial charge in [-0.3, -0.25) is 9.59 Å². The molecule has 142 valence electrons. The normalized spacial score (nSPS) is 14.2. The van der Waals surface area contributed by atoms with Gasteiger partial charge in [0.05, 0.1) is 12.1 Å². The highest BCUT2D eigenvalue weighted by atomic mass is 19.1. The van der Waals surface area contributed by atoms with E-state index in [1.807, 2.05) is 25.1 Å². The number of halogens is 2. The minimum atomic E-state index is -0.952. The molecule has 0 atom stereocenters. The van der Waals surface area contributed by atoms with Crippen LogP contribution >= 0.6 is 0 Å². The van der Waals surface area contributed by atoms with Crippen molar-refractivity contribution in [3.8, 4) is 0 Å². The standard InChI is InChI=1S/C20H21F2N3O2/c1-14-3-2-4-16(11-14)24-7-9-25(10-8-24)19(26)13-23-20(27)17-6-5-15(21)12-18(17)22/h2-6,11-12H,7-10,13H2,1H3,(H,23,27). The molecule has 2 aromatic carbocycles. The summed E-state index contributed by atoms with van der Waals surface area (Å²) in [4.78, 5) is 28.2. The van der Waals surface area contributed by atoms with E-state index >= 15 is 0 Å².